The molecule has 5 aliphatic rings. The van der Waals surface area contributed by atoms with E-state index in [-0.39, 0.29) is 23.5 Å². The molecule has 15 rings (SSSR count). The molecule has 4 nitrogen and oxygen atoms in total. The van der Waals surface area contributed by atoms with Crippen LogP contribution < -0.4 is 0 Å². The molecule has 0 spiro atoms. The topological polar surface area (TPSA) is 32.2 Å². The van der Waals surface area contributed by atoms with Gasteiger partial charge in [-0.05, 0) is 127 Å². The Bertz CT molecular complexity index is 3910. The lowest BCUT2D eigenvalue weighted by Crippen LogP contribution is -2.25. The first-order chi connectivity index (χ1) is 32.5. The number of benzene rings is 6. The van der Waals surface area contributed by atoms with Gasteiger partial charge in [-0.3, -0.25) is 0 Å². The van der Waals surface area contributed by atoms with E-state index in [9.17, 15) is 0 Å². The number of hydrogen-bond donors (Lipinski definition) is 0. The summed E-state index contributed by atoms with van der Waals surface area (Å²) in [6, 6.07) is 47.7. The molecule has 0 N–H and O–H groups in total. The third kappa shape index (κ3) is 5.26. The largest absolute Gasteiger partial charge is 0.485 e. The van der Waals surface area contributed by atoms with Crippen LogP contribution in [0, 0.1) is 5.92 Å². The Morgan fingerprint density at radius 1 is 0.667 bits per heavy atom. The van der Waals surface area contributed by atoms with Crippen LogP contribution >= 0.6 is 11.3 Å². The molecule has 0 fully saturated rings. The molecule has 0 bridgehead atoms. The minimum Gasteiger partial charge on any atom is -0.485 e. The zero-order valence-corrected chi connectivity index (χ0v) is 37.3. The number of fused-ring (bicyclic) bond motifs is 14. The van der Waals surface area contributed by atoms with E-state index in [4.69, 9.17) is 9.15 Å². The molecule has 4 aliphatic carbocycles. The number of aromatic nitrogens is 2. The van der Waals surface area contributed by atoms with Crippen molar-refractivity contribution >= 4 is 93.0 Å². The maximum Gasteiger partial charge on any atom is 0.135 e. The number of thiophene rings is 1. The van der Waals surface area contributed by atoms with E-state index in [0.717, 1.165) is 42.8 Å². The van der Waals surface area contributed by atoms with E-state index >= 15 is 0 Å². The van der Waals surface area contributed by atoms with Crippen LogP contribution in [0.2, 0.25) is 0 Å². The highest BCUT2D eigenvalue weighted by Gasteiger charge is 2.41. The molecule has 0 saturated carbocycles. The van der Waals surface area contributed by atoms with Crippen molar-refractivity contribution in [3.8, 4) is 11.1 Å². The lowest BCUT2D eigenvalue weighted by Gasteiger charge is -2.32. The van der Waals surface area contributed by atoms with Crippen LogP contribution in [-0.2, 0) is 23.0 Å². The van der Waals surface area contributed by atoms with Crippen LogP contribution in [0.4, 0.5) is 0 Å². The molecule has 5 heteroatoms. The average Bonchev–Trinajstić information content (AvgIpc) is 4.17. The standard InChI is InChI=1S/C61H44N2O2S/c1-61(29-28-58-50(35-61)47-34-40(22-25-57(47)65-58)63-53-16-8-4-12-43(53)44-13-5-9-17-54(44)63)38-20-27-60-49(32-38)48-31-37(19-26-59(48)66-60)36-18-23-55-45(30-36)46-33-39(21-24-56(46)64-55)62-51-14-6-2-10-41(51)42-11-3-7-15-52(42)62/h2-6,8-14,16-32,34,39,47,57H,7,15,33,35H2,1H3. The van der Waals surface area contributed by atoms with Crippen LogP contribution in [0.15, 0.2) is 186 Å². The first-order valence-corrected chi connectivity index (χ1v) is 24.3. The Morgan fingerprint density at radius 2 is 1.39 bits per heavy atom. The van der Waals surface area contributed by atoms with Gasteiger partial charge < -0.3 is 18.3 Å². The Morgan fingerprint density at radius 3 is 2.23 bits per heavy atom. The number of nitrogens with zero attached hydrogens (tertiary/aromatic N) is 2. The molecule has 1 aliphatic heterocycles. The van der Waals surface area contributed by atoms with Gasteiger partial charge in [0, 0.05) is 87.5 Å². The number of hydrogen-bond acceptors (Lipinski definition) is 3. The predicted molar refractivity (Wildman–Crippen MR) is 275 cm³/mol. The van der Waals surface area contributed by atoms with E-state index in [1.54, 1.807) is 0 Å². The monoisotopic (exact) mass is 868 g/mol. The van der Waals surface area contributed by atoms with Crippen LogP contribution in [-0.4, -0.2) is 15.2 Å². The lowest BCUT2D eigenvalue weighted by atomic mass is 9.71. The normalized spacial score (nSPS) is 21.9. The molecule has 0 amide bonds. The Kier molecular flexibility index (Phi) is 7.61. The summed E-state index contributed by atoms with van der Waals surface area (Å²) in [4.78, 5) is 0. The minimum absolute atomic E-state index is 0.00729. The predicted octanol–water partition coefficient (Wildman–Crippen LogP) is 15.9. The second kappa shape index (κ2) is 13.6. The summed E-state index contributed by atoms with van der Waals surface area (Å²) >= 11 is 1.89. The SMILES string of the molecule is CC1(c2ccc3sc4ccc(-c5ccc6oc7c(c6c5)CC(n5c6c(c8ccccc85)C=CCC6)C=C7)cc4c3c2)C=CC2=C(C1)C1C=C(n3c4ccccc4c4ccccc43)C=CC1O2. The van der Waals surface area contributed by atoms with Crippen molar-refractivity contribution in [3.63, 3.8) is 0 Å². The third-order valence-corrected chi connectivity index (χ3v) is 16.7. The van der Waals surface area contributed by atoms with Crippen LogP contribution in [0.1, 0.15) is 54.0 Å². The van der Waals surface area contributed by atoms with Gasteiger partial charge in [0.05, 0.1) is 17.1 Å². The molecule has 5 heterocycles. The van der Waals surface area contributed by atoms with E-state index in [0.29, 0.717) is 0 Å². The molecule has 4 atom stereocenters. The van der Waals surface area contributed by atoms with Crippen LogP contribution in [0.25, 0.3) is 92.8 Å². The minimum atomic E-state index is -0.181. The van der Waals surface area contributed by atoms with E-state index in [1.807, 2.05) is 11.3 Å². The molecule has 66 heavy (non-hydrogen) atoms. The summed E-state index contributed by atoms with van der Waals surface area (Å²) in [6.07, 6.45) is 24.8. The van der Waals surface area contributed by atoms with Crippen molar-refractivity contribution in [3.05, 3.63) is 209 Å². The lowest BCUT2D eigenvalue weighted by molar-refractivity contribution is 0.174. The number of allylic oxidation sites excluding steroid dienone is 6. The van der Waals surface area contributed by atoms with Crippen molar-refractivity contribution < 1.29 is 9.15 Å². The molecule has 6 aromatic carbocycles. The first-order valence-electron chi connectivity index (χ1n) is 23.5. The second-order valence-corrected chi connectivity index (χ2v) is 20.3. The summed E-state index contributed by atoms with van der Waals surface area (Å²) < 4.78 is 20.9. The molecule has 316 valence electrons. The quantitative estimate of drug-likeness (QED) is 0.176. The highest BCUT2D eigenvalue weighted by Crippen LogP contribution is 2.50. The summed E-state index contributed by atoms with van der Waals surface area (Å²) in [7, 11) is 0. The van der Waals surface area contributed by atoms with Gasteiger partial charge in [0.2, 0.25) is 0 Å². The second-order valence-electron chi connectivity index (χ2n) is 19.2. The van der Waals surface area contributed by atoms with Crippen LogP contribution in [0.5, 0.6) is 0 Å². The van der Waals surface area contributed by atoms with Crippen LogP contribution in [0.3, 0.4) is 0 Å². The molecule has 0 saturated heterocycles. The molecular weight excluding hydrogens is 825 g/mol. The maximum atomic E-state index is 6.66. The van der Waals surface area contributed by atoms with Gasteiger partial charge in [-0.1, -0.05) is 104 Å². The molecule has 0 radical (unpaired) electrons. The first kappa shape index (κ1) is 36.9. The number of para-hydroxylation sites is 3. The Labute approximate surface area is 386 Å². The summed E-state index contributed by atoms with van der Waals surface area (Å²) in [6.45, 7) is 2.41. The fourth-order valence-electron chi connectivity index (χ4n) is 12.3. The fraction of sp³-hybridized carbons (Fsp3) is 0.148. The zero-order valence-electron chi connectivity index (χ0n) is 36.5. The van der Waals surface area contributed by atoms with Gasteiger partial charge in [0.25, 0.3) is 0 Å². The van der Waals surface area contributed by atoms with E-state index < -0.39 is 0 Å². The highest BCUT2D eigenvalue weighted by atomic mass is 32.1. The van der Waals surface area contributed by atoms with Crippen molar-refractivity contribution in [2.45, 2.75) is 50.2 Å². The fourth-order valence-corrected chi connectivity index (χ4v) is 13.4. The van der Waals surface area contributed by atoms with Gasteiger partial charge in [0.15, 0.2) is 0 Å². The van der Waals surface area contributed by atoms with E-state index in [2.05, 4.69) is 198 Å². The number of furan rings is 1. The summed E-state index contributed by atoms with van der Waals surface area (Å²) in [5, 5.41) is 7.77. The Hall–Kier alpha value is -7.34. The van der Waals surface area contributed by atoms with Gasteiger partial charge in [-0.25, -0.2) is 0 Å². The van der Waals surface area contributed by atoms with E-state index in [1.165, 1.54) is 103 Å². The van der Waals surface area contributed by atoms with Gasteiger partial charge in [0.1, 0.15) is 23.2 Å². The summed E-state index contributed by atoms with van der Waals surface area (Å²) in [5.74, 6) is 2.20. The number of ether oxygens (including phenoxy) is 1. The third-order valence-electron chi connectivity index (χ3n) is 15.5. The number of rotatable bonds is 4. The summed E-state index contributed by atoms with van der Waals surface area (Å²) in [5.41, 5.74) is 15.1. The van der Waals surface area contributed by atoms with Crippen molar-refractivity contribution in [1.82, 2.24) is 9.13 Å². The molecule has 4 aromatic heterocycles. The van der Waals surface area contributed by atoms with Crippen molar-refractivity contribution in [2.75, 3.05) is 0 Å². The Balaban J connectivity index is 0.759. The smallest absolute Gasteiger partial charge is 0.135 e. The average molecular weight is 869 g/mol. The highest BCUT2D eigenvalue weighted by molar-refractivity contribution is 7.25. The van der Waals surface area contributed by atoms with Gasteiger partial charge in [-0.15, -0.1) is 11.3 Å². The maximum absolute atomic E-state index is 6.66. The molecule has 4 unspecified atom stereocenters. The van der Waals surface area contributed by atoms with Gasteiger partial charge in [-0.2, -0.15) is 0 Å². The van der Waals surface area contributed by atoms with Gasteiger partial charge >= 0.3 is 0 Å². The van der Waals surface area contributed by atoms with Crippen molar-refractivity contribution in [2.24, 2.45) is 5.92 Å². The molecule has 10 aromatic rings. The molecular formula is C61H44N2O2S. The zero-order chi connectivity index (χ0) is 43.3. The van der Waals surface area contributed by atoms with Crippen molar-refractivity contribution in [1.29, 1.82) is 0 Å².